The number of halogens is 1. The topological polar surface area (TPSA) is 96.6 Å². The van der Waals surface area contributed by atoms with Gasteiger partial charge in [-0.2, -0.15) is 0 Å². The summed E-state index contributed by atoms with van der Waals surface area (Å²) in [6.45, 7) is 3.44. The van der Waals surface area contributed by atoms with Gasteiger partial charge in [0.2, 0.25) is 0 Å². The Hall–Kier alpha value is -1.99. The fraction of sp³-hybridized carbons (Fsp3) is 0.273. The standard InChI is InChI=1S/C11H12ClN3O4/c1-2-3-14(4-5-16)11(17)8-6-10(12)13-7-9(8)15(18)19/h2,6-7,16H,1,3-5H2. The minimum absolute atomic E-state index is 0.0171. The summed E-state index contributed by atoms with van der Waals surface area (Å²) in [6.07, 6.45) is 2.39. The molecular formula is C11H12ClN3O4. The summed E-state index contributed by atoms with van der Waals surface area (Å²) in [5.41, 5.74) is -0.596. The van der Waals surface area contributed by atoms with E-state index in [-0.39, 0.29) is 30.4 Å². The lowest BCUT2D eigenvalue weighted by Gasteiger charge is -2.19. The van der Waals surface area contributed by atoms with Gasteiger partial charge < -0.3 is 10.0 Å². The molecule has 0 spiro atoms. The van der Waals surface area contributed by atoms with Crippen molar-refractivity contribution in [2.45, 2.75) is 0 Å². The highest BCUT2D eigenvalue weighted by Gasteiger charge is 2.25. The Morgan fingerprint density at radius 3 is 2.89 bits per heavy atom. The third-order valence-corrected chi connectivity index (χ3v) is 2.49. The Labute approximate surface area is 114 Å². The smallest absolute Gasteiger partial charge is 0.300 e. The molecule has 8 heteroatoms. The van der Waals surface area contributed by atoms with Gasteiger partial charge in [-0.25, -0.2) is 4.98 Å². The van der Waals surface area contributed by atoms with Gasteiger partial charge in [-0.05, 0) is 6.07 Å². The van der Waals surface area contributed by atoms with Crippen LogP contribution in [0.3, 0.4) is 0 Å². The fourth-order valence-corrected chi connectivity index (χ4v) is 1.62. The zero-order chi connectivity index (χ0) is 14.4. The molecule has 1 aromatic heterocycles. The van der Waals surface area contributed by atoms with Gasteiger partial charge in [-0.1, -0.05) is 17.7 Å². The third-order valence-electron chi connectivity index (χ3n) is 2.28. The molecule has 0 aromatic carbocycles. The summed E-state index contributed by atoms with van der Waals surface area (Å²) in [4.78, 5) is 27.1. The van der Waals surface area contributed by atoms with Crippen LogP contribution in [-0.4, -0.2) is 45.5 Å². The van der Waals surface area contributed by atoms with Crippen molar-refractivity contribution in [3.63, 3.8) is 0 Å². The second-order valence-corrected chi connectivity index (χ2v) is 3.93. The molecule has 102 valence electrons. The first kappa shape index (κ1) is 15.1. The number of carbonyl (C=O) groups excluding carboxylic acids is 1. The molecular weight excluding hydrogens is 274 g/mol. The van der Waals surface area contributed by atoms with Crippen molar-refractivity contribution in [1.82, 2.24) is 9.88 Å². The molecule has 0 aliphatic rings. The van der Waals surface area contributed by atoms with Gasteiger partial charge in [-0.3, -0.25) is 14.9 Å². The molecule has 0 saturated heterocycles. The molecule has 1 N–H and O–H groups in total. The summed E-state index contributed by atoms with van der Waals surface area (Å²) >= 11 is 5.65. The van der Waals surface area contributed by atoms with Crippen molar-refractivity contribution >= 4 is 23.2 Å². The first-order valence-corrected chi connectivity index (χ1v) is 5.70. The first-order valence-electron chi connectivity index (χ1n) is 5.32. The maximum atomic E-state index is 12.2. The van der Waals surface area contributed by atoms with Gasteiger partial charge in [0.05, 0.1) is 11.5 Å². The van der Waals surface area contributed by atoms with Crippen LogP contribution < -0.4 is 0 Å². The van der Waals surface area contributed by atoms with E-state index in [0.717, 1.165) is 12.3 Å². The van der Waals surface area contributed by atoms with Crippen molar-refractivity contribution in [3.8, 4) is 0 Å². The number of hydrogen-bond donors (Lipinski definition) is 1. The molecule has 0 fully saturated rings. The third kappa shape index (κ3) is 3.73. The van der Waals surface area contributed by atoms with Crippen molar-refractivity contribution in [1.29, 1.82) is 0 Å². The summed E-state index contributed by atoms with van der Waals surface area (Å²) in [5.74, 6) is -0.607. The van der Waals surface area contributed by atoms with Gasteiger partial charge in [0.15, 0.2) is 0 Å². The number of aliphatic hydroxyl groups is 1. The van der Waals surface area contributed by atoms with E-state index >= 15 is 0 Å². The molecule has 19 heavy (non-hydrogen) atoms. The van der Waals surface area contributed by atoms with Crippen LogP contribution in [0.5, 0.6) is 0 Å². The minimum atomic E-state index is -0.707. The number of aliphatic hydroxyl groups excluding tert-OH is 1. The fourth-order valence-electron chi connectivity index (χ4n) is 1.46. The number of amides is 1. The minimum Gasteiger partial charge on any atom is -0.395 e. The second-order valence-electron chi connectivity index (χ2n) is 3.54. The van der Waals surface area contributed by atoms with E-state index in [0.29, 0.717) is 0 Å². The summed E-state index contributed by atoms with van der Waals surface area (Å²) in [7, 11) is 0. The highest BCUT2D eigenvalue weighted by molar-refractivity contribution is 6.29. The predicted octanol–water partition coefficient (Wildman–Crippen LogP) is 1.26. The van der Waals surface area contributed by atoms with Crippen LogP contribution in [-0.2, 0) is 0 Å². The molecule has 1 heterocycles. The van der Waals surface area contributed by atoms with Crippen LogP contribution in [0.1, 0.15) is 10.4 Å². The van der Waals surface area contributed by atoms with E-state index in [1.165, 1.54) is 11.0 Å². The molecule has 0 bridgehead atoms. The second kappa shape index (κ2) is 6.81. The summed E-state index contributed by atoms with van der Waals surface area (Å²) in [5, 5.41) is 19.7. The van der Waals surface area contributed by atoms with Gasteiger partial charge in [-0.15, -0.1) is 6.58 Å². The SMILES string of the molecule is C=CCN(CCO)C(=O)c1cc(Cl)ncc1[N+](=O)[O-]. The van der Waals surface area contributed by atoms with Crippen molar-refractivity contribution in [2.24, 2.45) is 0 Å². The van der Waals surface area contributed by atoms with E-state index in [2.05, 4.69) is 11.6 Å². The van der Waals surface area contributed by atoms with Gasteiger partial charge >= 0.3 is 0 Å². The number of rotatable bonds is 6. The van der Waals surface area contributed by atoms with E-state index in [1.807, 2.05) is 0 Å². The molecule has 0 atom stereocenters. The highest BCUT2D eigenvalue weighted by atomic mass is 35.5. The summed E-state index contributed by atoms with van der Waals surface area (Å²) < 4.78 is 0. The van der Waals surface area contributed by atoms with Crippen LogP contribution in [0.4, 0.5) is 5.69 Å². The monoisotopic (exact) mass is 285 g/mol. The zero-order valence-electron chi connectivity index (χ0n) is 9.95. The molecule has 1 aromatic rings. The maximum Gasteiger partial charge on any atom is 0.300 e. The number of nitro groups is 1. The van der Waals surface area contributed by atoms with Crippen LogP contribution in [0, 0.1) is 10.1 Å². The maximum absolute atomic E-state index is 12.2. The lowest BCUT2D eigenvalue weighted by molar-refractivity contribution is -0.385. The van der Waals surface area contributed by atoms with Crippen LogP contribution in [0.15, 0.2) is 24.9 Å². The van der Waals surface area contributed by atoms with E-state index in [4.69, 9.17) is 16.7 Å². The first-order chi connectivity index (χ1) is 9.01. The number of hydrogen-bond acceptors (Lipinski definition) is 5. The average molecular weight is 286 g/mol. The van der Waals surface area contributed by atoms with Gasteiger partial charge in [0, 0.05) is 13.1 Å². The normalized spacial score (nSPS) is 10.0. The van der Waals surface area contributed by atoms with Crippen LogP contribution in [0.2, 0.25) is 5.15 Å². The number of pyridine rings is 1. The van der Waals surface area contributed by atoms with Crippen LogP contribution in [0.25, 0.3) is 0 Å². The van der Waals surface area contributed by atoms with Crippen molar-refractivity contribution in [3.05, 3.63) is 45.7 Å². The molecule has 0 aliphatic carbocycles. The predicted molar refractivity (Wildman–Crippen MR) is 69.1 cm³/mol. The quantitative estimate of drug-likeness (QED) is 0.367. The Balaban J connectivity index is 3.18. The Bertz CT molecular complexity index is 507. The molecule has 0 saturated carbocycles. The lowest BCUT2D eigenvalue weighted by atomic mass is 10.2. The molecule has 7 nitrogen and oxygen atoms in total. The molecule has 1 amide bonds. The summed E-state index contributed by atoms with van der Waals surface area (Å²) in [6, 6.07) is 1.13. The van der Waals surface area contributed by atoms with Crippen LogP contribution >= 0.6 is 11.6 Å². The number of carbonyl (C=O) groups is 1. The van der Waals surface area contributed by atoms with E-state index in [9.17, 15) is 14.9 Å². The zero-order valence-corrected chi connectivity index (χ0v) is 10.7. The number of aromatic nitrogens is 1. The molecule has 1 rings (SSSR count). The Morgan fingerprint density at radius 1 is 1.68 bits per heavy atom. The number of nitrogens with zero attached hydrogens (tertiary/aromatic N) is 3. The van der Waals surface area contributed by atoms with Crippen molar-refractivity contribution < 1.29 is 14.8 Å². The largest absolute Gasteiger partial charge is 0.395 e. The Morgan fingerprint density at radius 2 is 2.37 bits per heavy atom. The van der Waals surface area contributed by atoms with Gasteiger partial charge in [0.25, 0.3) is 11.6 Å². The molecule has 0 radical (unpaired) electrons. The van der Waals surface area contributed by atoms with Gasteiger partial charge in [0.1, 0.15) is 16.9 Å². The molecule has 0 unspecified atom stereocenters. The highest BCUT2D eigenvalue weighted by Crippen LogP contribution is 2.22. The molecule has 0 aliphatic heterocycles. The average Bonchev–Trinajstić information content (AvgIpc) is 2.37. The van der Waals surface area contributed by atoms with E-state index < -0.39 is 16.5 Å². The van der Waals surface area contributed by atoms with E-state index in [1.54, 1.807) is 0 Å². The Kier molecular flexibility index (Phi) is 5.40. The van der Waals surface area contributed by atoms with Crippen molar-refractivity contribution in [2.75, 3.05) is 19.7 Å². The lowest BCUT2D eigenvalue weighted by Crippen LogP contribution is -2.34.